The van der Waals surface area contributed by atoms with Gasteiger partial charge in [0.25, 0.3) is 7.82 Å². The number of nitrogens with zero attached hydrogens (tertiary/aromatic N) is 1. The van der Waals surface area contributed by atoms with Gasteiger partial charge in [0.15, 0.2) is 0 Å². The van der Waals surface area contributed by atoms with E-state index in [-0.39, 0.29) is 19.1 Å². The van der Waals surface area contributed by atoms with E-state index in [9.17, 15) is 19.4 Å². The molecule has 86 heavy (non-hydrogen) atoms. The van der Waals surface area contributed by atoms with Crippen molar-refractivity contribution >= 4 is 13.7 Å². The van der Waals surface area contributed by atoms with Gasteiger partial charge in [-0.1, -0.05) is 377 Å². The van der Waals surface area contributed by atoms with Crippen LogP contribution in [-0.2, 0) is 18.4 Å². The fourth-order valence-electron chi connectivity index (χ4n) is 11.7. The van der Waals surface area contributed by atoms with Crippen molar-refractivity contribution in [3.63, 3.8) is 0 Å². The van der Waals surface area contributed by atoms with Crippen LogP contribution < -0.4 is 10.2 Å². The molecule has 0 saturated heterocycles. The summed E-state index contributed by atoms with van der Waals surface area (Å²) in [6.45, 7) is 4.67. The van der Waals surface area contributed by atoms with Crippen LogP contribution >= 0.6 is 7.82 Å². The monoisotopic (exact) mass is 1230 g/mol. The second-order valence-electron chi connectivity index (χ2n) is 27.3. The molecule has 0 aromatic carbocycles. The SMILES string of the molecule is CC/C=C\C/C=C\C/C=C\C/C=C\CCCCCCCCCCCCCCCCCCCCCCCCCCCCC(=O)NC(COP(=O)([O-])OCC[N+](C)(C)C)C(O)CCCCCCCCCCCCCCCCCCCCCCCCCCC. The number of aliphatic hydroxyl groups is 1. The van der Waals surface area contributed by atoms with Crippen molar-refractivity contribution in [2.45, 2.75) is 398 Å². The van der Waals surface area contributed by atoms with Gasteiger partial charge in [0.05, 0.1) is 39.9 Å². The van der Waals surface area contributed by atoms with Crippen LogP contribution in [-0.4, -0.2) is 68.5 Å². The maximum Gasteiger partial charge on any atom is 0.268 e. The quantitative estimate of drug-likeness (QED) is 0.0272. The predicted octanol–water partition coefficient (Wildman–Crippen LogP) is 23.9. The normalized spacial score (nSPS) is 13.8. The molecule has 0 aromatic heterocycles. The Morgan fingerprint density at radius 2 is 0.709 bits per heavy atom. The van der Waals surface area contributed by atoms with Crippen LogP contribution in [0, 0.1) is 0 Å². The molecule has 0 aliphatic heterocycles. The van der Waals surface area contributed by atoms with E-state index in [1.165, 1.54) is 295 Å². The van der Waals surface area contributed by atoms with Crippen molar-refractivity contribution in [2.75, 3.05) is 40.9 Å². The Kier molecular flexibility index (Phi) is 66.6. The van der Waals surface area contributed by atoms with Gasteiger partial charge < -0.3 is 28.8 Å². The molecule has 9 heteroatoms. The lowest BCUT2D eigenvalue weighted by Gasteiger charge is -2.30. The van der Waals surface area contributed by atoms with Gasteiger partial charge >= 0.3 is 0 Å². The average molecular weight is 1230 g/mol. The van der Waals surface area contributed by atoms with Gasteiger partial charge in [-0.15, -0.1) is 0 Å². The van der Waals surface area contributed by atoms with E-state index in [1.54, 1.807) is 0 Å². The van der Waals surface area contributed by atoms with E-state index in [1.807, 2.05) is 21.1 Å². The number of amides is 1. The van der Waals surface area contributed by atoms with Crippen molar-refractivity contribution in [1.29, 1.82) is 0 Å². The number of phosphoric acid groups is 1. The molecule has 0 heterocycles. The zero-order chi connectivity index (χ0) is 62.6. The van der Waals surface area contributed by atoms with E-state index in [0.717, 1.165) is 64.2 Å². The summed E-state index contributed by atoms with van der Waals surface area (Å²) < 4.78 is 23.6. The lowest BCUT2D eigenvalue weighted by molar-refractivity contribution is -0.870. The number of phosphoric ester groups is 1. The van der Waals surface area contributed by atoms with Crippen molar-refractivity contribution < 1.29 is 32.9 Å². The highest BCUT2D eigenvalue weighted by Gasteiger charge is 2.24. The molecule has 0 saturated carbocycles. The summed E-state index contributed by atoms with van der Waals surface area (Å²) in [5, 5.41) is 14.1. The molecule has 0 rings (SSSR count). The van der Waals surface area contributed by atoms with Crippen molar-refractivity contribution in [3.05, 3.63) is 48.6 Å². The standard InChI is InChI=1S/C77H149N2O6P/c1-6-8-10-12-14-16-18-20-22-24-26-28-30-32-33-34-35-36-37-38-39-40-41-42-43-44-45-47-49-51-53-55-57-59-61-63-65-67-69-71-77(81)78-75(74-85-86(82,83)84-73-72-79(3,4)5)76(80)70-68-66-64-62-60-58-56-54-52-50-48-46-31-29-27-25-23-21-19-17-15-13-11-9-7-2/h8,10,14,16,20,22,26,28,75-76,80H,6-7,9,11-13,15,17-19,21,23-25,27,29-74H2,1-5H3,(H-,78,81,82,83)/b10-8-,16-14-,22-20-,28-26-. The molecule has 0 spiro atoms. The molecule has 0 aliphatic rings. The summed E-state index contributed by atoms with van der Waals surface area (Å²) in [5.41, 5.74) is 0. The van der Waals surface area contributed by atoms with Crippen LogP contribution in [0.15, 0.2) is 48.6 Å². The number of hydrogen-bond acceptors (Lipinski definition) is 6. The summed E-state index contributed by atoms with van der Waals surface area (Å²) in [6, 6.07) is -0.800. The number of carbonyl (C=O) groups excluding carboxylic acids is 1. The number of quaternary nitrogens is 1. The van der Waals surface area contributed by atoms with Gasteiger partial charge in [-0.2, -0.15) is 0 Å². The highest BCUT2D eigenvalue weighted by Crippen LogP contribution is 2.38. The Balaban J connectivity index is 3.90. The van der Waals surface area contributed by atoms with Gasteiger partial charge in [0, 0.05) is 6.42 Å². The van der Waals surface area contributed by atoms with Crippen LogP contribution in [0.4, 0.5) is 0 Å². The van der Waals surface area contributed by atoms with E-state index in [2.05, 4.69) is 67.8 Å². The molecule has 0 aliphatic carbocycles. The Morgan fingerprint density at radius 3 is 1.03 bits per heavy atom. The van der Waals surface area contributed by atoms with E-state index in [4.69, 9.17) is 9.05 Å². The summed E-state index contributed by atoms with van der Waals surface area (Å²) in [5.74, 6) is -0.155. The fourth-order valence-corrected chi connectivity index (χ4v) is 12.5. The molecule has 0 fully saturated rings. The summed E-state index contributed by atoms with van der Waals surface area (Å²) >= 11 is 0. The van der Waals surface area contributed by atoms with E-state index in [0.29, 0.717) is 23.9 Å². The Bertz CT molecular complexity index is 1540. The molecule has 2 N–H and O–H groups in total. The summed E-state index contributed by atoms with van der Waals surface area (Å²) in [4.78, 5) is 25.7. The Labute approximate surface area is 537 Å². The fraction of sp³-hybridized carbons (Fsp3) is 0.883. The molecule has 3 atom stereocenters. The lowest BCUT2D eigenvalue weighted by Crippen LogP contribution is -2.46. The van der Waals surface area contributed by atoms with Crippen LogP contribution in [0.3, 0.4) is 0 Å². The smallest absolute Gasteiger partial charge is 0.268 e. The molecule has 1 amide bonds. The number of likely N-dealkylation sites (N-methyl/N-ethyl adjacent to an activating group) is 1. The lowest BCUT2D eigenvalue weighted by atomic mass is 10.0. The Morgan fingerprint density at radius 1 is 0.419 bits per heavy atom. The predicted molar refractivity (Wildman–Crippen MR) is 376 cm³/mol. The zero-order valence-electron chi connectivity index (χ0n) is 58.3. The molecule has 508 valence electrons. The van der Waals surface area contributed by atoms with E-state index >= 15 is 0 Å². The van der Waals surface area contributed by atoms with Gasteiger partial charge in [-0.25, -0.2) is 0 Å². The molecule has 0 bridgehead atoms. The van der Waals surface area contributed by atoms with Crippen LogP contribution in [0.25, 0.3) is 0 Å². The van der Waals surface area contributed by atoms with E-state index < -0.39 is 20.0 Å². The first-order valence-corrected chi connectivity index (χ1v) is 39.4. The average Bonchev–Trinajstić information content (AvgIpc) is 3.70. The molecule has 0 radical (unpaired) electrons. The summed E-state index contributed by atoms with van der Waals surface area (Å²) in [7, 11) is 1.33. The minimum atomic E-state index is -4.58. The third-order valence-electron chi connectivity index (χ3n) is 17.6. The highest BCUT2D eigenvalue weighted by molar-refractivity contribution is 7.45. The molecule has 8 nitrogen and oxygen atoms in total. The second-order valence-corrected chi connectivity index (χ2v) is 28.7. The van der Waals surface area contributed by atoms with Crippen molar-refractivity contribution in [2.24, 2.45) is 0 Å². The second kappa shape index (κ2) is 67.8. The Hall–Kier alpha value is -1.54. The largest absolute Gasteiger partial charge is 0.756 e. The van der Waals surface area contributed by atoms with Crippen LogP contribution in [0.1, 0.15) is 386 Å². The topological polar surface area (TPSA) is 108 Å². The number of carbonyl (C=O) groups is 1. The maximum absolute atomic E-state index is 13.1. The van der Waals surface area contributed by atoms with Gasteiger partial charge in [0.2, 0.25) is 5.91 Å². The van der Waals surface area contributed by atoms with Crippen LogP contribution in [0.2, 0.25) is 0 Å². The molecule has 3 unspecified atom stereocenters. The first-order valence-electron chi connectivity index (χ1n) is 38.0. The third-order valence-corrected chi connectivity index (χ3v) is 18.5. The minimum absolute atomic E-state index is 0.0148. The summed E-state index contributed by atoms with van der Waals surface area (Å²) in [6.07, 6.45) is 92.2. The van der Waals surface area contributed by atoms with Crippen molar-refractivity contribution in [3.8, 4) is 0 Å². The number of unbranched alkanes of at least 4 members (excludes halogenated alkanes) is 50. The first-order chi connectivity index (χ1) is 42.0. The number of rotatable bonds is 71. The van der Waals surface area contributed by atoms with Gasteiger partial charge in [0.1, 0.15) is 13.2 Å². The number of aliphatic hydroxyl groups excluding tert-OH is 1. The third kappa shape index (κ3) is 69.9. The first kappa shape index (κ1) is 84.5. The van der Waals surface area contributed by atoms with Crippen molar-refractivity contribution in [1.82, 2.24) is 5.32 Å². The number of hydrogen-bond donors (Lipinski definition) is 2. The van der Waals surface area contributed by atoms with Gasteiger partial charge in [-0.05, 0) is 51.4 Å². The van der Waals surface area contributed by atoms with Crippen LogP contribution in [0.5, 0.6) is 0 Å². The molecular weight excluding hydrogens is 1080 g/mol. The minimum Gasteiger partial charge on any atom is -0.756 e. The highest BCUT2D eigenvalue weighted by atomic mass is 31.2. The van der Waals surface area contributed by atoms with Gasteiger partial charge in [-0.3, -0.25) is 9.36 Å². The number of allylic oxidation sites excluding steroid dienone is 8. The maximum atomic E-state index is 13.1. The molecule has 0 aromatic rings. The number of nitrogens with one attached hydrogen (secondary N) is 1. The zero-order valence-corrected chi connectivity index (χ0v) is 59.2. The molecular formula is C77H149N2O6P.